The second-order valence-electron chi connectivity index (χ2n) is 5.51. The van der Waals surface area contributed by atoms with Gasteiger partial charge >= 0.3 is 0 Å². The van der Waals surface area contributed by atoms with Gasteiger partial charge in [-0.15, -0.1) is 0 Å². The zero-order valence-corrected chi connectivity index (χ0v) is 13.4. The van der Waals surface area contributed by atoms with E-state index in [1.54, 1.807) is 30.1 Å². The first-order valence-corrected chi connectivity index (χ1v) is 7.81. The average Bonchev–Trinajstić information content (AvgIpc) is 3.09. The van der Waals surface area contributed by atoms with Crippen molar-refractivity contribution < 1.29 is 14.3 Å². The van der Waals surface area contributed by atoms with Crippen molar-refractivity contribution in [3.05, 3.63) is 36.9 Å². The molecule has 0 fully saturated rings. The Morgan fingerprint density at radius 2 is 2.21 bits per heavy atom. The minimum absolute atomic E-state index is 0.0210. The first-order chi connectivity index (χ1) is 11.6. The van der Waals surface area contributed by atoms with Crippen LogP contribution in [0.2, 0.25) is 0 Å². The molecule has 2 heterocycles. The smallest absolute Gasteiger partial charge is 0.268 e. The predicted molar refractivity (Wildman–Crippen MR) is 86.5 cm³/mol. The summed E-state index contributed by atoms with van der Waals surface area (Å²) in [5.41, 5.74) is 0.623. The summed E-state index contributed by atoms with van der Waals surface area (Å²) in [6.45, 7) is 2.85. The van der Waals surface area contributed by atoms with Crippen molar-refractivity contribution >= 4 is 17.5 Å². The lowest BCUT2D eigenvalue weighted by Crippen LogP contribution is -2.48. The number of benzene rings is 1. The average molecular weight is 329 g/mol. The third kappa shape index (κ3) is 3.53. The highest BCUT2D eigenvalue weighted by molar-refractivity contribution is 6.03. The van der Waals surface area contributed by atoms with E-state index in [1.165, 1.54) is 11.2 Å². The van der Waals surface area contributed by atoms with E-state index in [0.717, 1.165) is 6.42 Å². The summed E-state index contributed by atoms with van der Waals surface area (Å²) in [7, 11) is 0. The van der Waals surface area contributed by atoms with E-state index >= 15 is 0 Å². The molecular weight excluding hydrogens is 310 g/mol. The number of para-hydroxylation sites is 2. The lowest BCUT2D eigenvalue weighted by molar-refractivity contribution is -0.128. The molecule has 0 saturated carbocycles. The first-order valence-electron chi connectivity index (χ1n) is 7.81. The Labute approximate surface area is 139 Å². The molecule has 1 aromatic heterocycles. The molecule has 1 atom stereocenters. The topological polar surface area (TPSA) is 89.3 Å². The number of amides is 2. The molecule has 0 radical (unpaired) electrons. The predicted octanol–water partition coefficient (Wildman–Crippen LogP) is 0.598. The number of hydrogen-bond donors (Lipinski definition) is 1. The number of carbonyl (C=O) groups is 2. The fraction of sp³-hybridized carbons (Fsp3) is 0.375. The van der Waals surface area contributed by atoms with Gasteiger partial charge in [-0.1, -0.05) is 12.1 Å². The Kier molecular flexibility index (Phi) is 4.74. The number of fused-ring (bicyclic) bond motifs is 1. The van der Waals surface area contributed by atoms with Gasteiger partial charge in [0.05, 0.1) is 5.69 Å². The third-order valence-corrected chi connectivity index (χ3v) is 3.73. The van der Waals surface area contributed by atoms with Gasteiger partial charge in [0.25, 0.3) is 5.91 Å². The van der Waals surface area contributed by atoms with E-state index in [2.05, 4.69) is 15.4 Å². The summed E-state index contributed by atoms with van der Waals surface area (Å²) in [5, 5.41) is 6.82. The van der Waals surface area contributed by atoms with Crippen molar-refractivity contribution in [3.63, 3.8) is 0 Å². The van der Waals surface area contributed by atoms with E-state index in [0.29, 0.717) is 24.5 Å². The third-order valence-electron chi connectivity index (χ3n) is 3.73. The molecule has 1 aliphatic heterocycles. The number of rotatable bonds is 6. The van der Waals surface area contributed by atoms with Crippen LogP contribution in [0, 0.1) is 0 Å². The molecule has 0 bridgehead atoms. The Hall–Kier alpha value is -2.90. The van der Waals surface area contributed by atoms with Crippen LogP contribution in [0.25, 0.3) is 0 Å². The van der Waals surface area contributed by atoms with Crippen LogP contribution < -0.4 is 15.0 Å². The Morgan fingerprint density at radius 1 is 1.38 bits per heavy atom. The van der Waals surface area contributed by atoms with Gasteiger partial charge in [0.1, 0.15) is 24.9 Å². The van der Waals surface area contributed by atoms with Crippen molar-refractivity contribution in [1.82, 2.24) is 20.1 Å². The standard InChI is InChI=1S/C16H19N5O3/c1-12-16(23)21(13-5-2-3-6-14(13)24-12)9-15(22)18-7-4-8-20-11-17-10-19-20/h2-3,5-6,10-12H,4,7-9H2,1H3,(H,18,22)/t12-/m0/s1. The maximum Gasteiger partial charge on any atom is 0.268 e. The van der Waals surface area contributed by atoms with Crippen LogP contribution in [-0.2, 0) is 16.1 Å². The Bertz CT molecular complexity index is 716. The van der Waals surface area contributed by atoms with E-state index in [-0.39, 0.29) is 18.4 Å². The van der Waals surface area contributed by atoms with Crippen LogP contribution in [0.4, 0.5) is 5.69 Å². The molecule has 2 amide bonds. The number of anilines is 1. The minimum atomic E-state index is -0.597. The lowest BCUT2D eigenvalue weighted by Gasteiger charge is -2.32. The van der Waals surface area contributed by atoms with Gasteiger partial charge in [-0.2, -0.15) is 5.10 Å². The molecule has 0 spiro atoms. The second-order valence-corrected chi connectivity index (χ2v) is 5.51. The quantitative estimate of drug-likeness (QED) is 0.784. The molecule has 8 nitrogen and oxygen atoms in total. The van der Waals surface area contributed by atoms with Crippen LogP contribution in [0.15, 0.2) is 36.9 Å². The van der Waals surface area contributed by atoms with Gasteiger partial charge < -0.3 is 10.1 Å². The Balaban J connectivity index is 1.54. The zero-order chi connectivity index (χ0) is 16.9. The van der Waals surface area contributed by atoms with E-state index in [1.807, 2.05) is 12.1 Å². The van der Waals surface area contributed by atoms with Crippen molar-refractivity contribution in [1.29, 1.82) is 0 Å². The minimum Gasteiger partial charge on any atom is -0.479 e. The number of carbonyl (C=O) groups excluding carboxylic acids is 2. The monoisotopic (exact) mass is 329 g/mol. The van der Waals surface area contributed by atoms with Crippen molar-refractivity contribution in [2.75, 3.05) is 18.0 Å². The molecule has 1 aliphatic rings. The second kappa shape index (κ2) is 7.12. The number of ether oxygens (including phenoxy) is 1. The number of aromatic nitrogens is 3. The molecule has 0 unspecified atom stereocenters. The summed E-state index contributed by atoms with van der Waals surface area (Å²) in [6, 6.07) is 7.22. The van der Waals surface area contributed by atoms with Crippen molar-refractivity contribution in [2.45, 2.75) is 26.0 Å². The molecule has 1 aromatic carbocycles. The Morgan fingerprint density at radius 3 is 3.00 bits per heavy atom. The SMILES string of the molecule is C[C@@H]1Oc2ccccc2N(CC(=O)NCCCn2cncn2)C1=O. The van der Waals surface area contributed by atoms with Crippen LogP contribution in [0.3, 0.4) is 0 Å². The highest BCUT2D eigenvalue weighted by atomic mass is 16.5. The summed E-state index contributed by atoms with van der Waals surface area (Å²) in [4.78, 5) is 29.8. The van der Waals surface area contributed by atoms with E-state index in [9.17, 15) is 9.59 Å². The highest BCUT2D eigenvalue weighted by Gasteiger charge is 2.32. The van der Waals surface area contributed by atoms with Crippen molar-refractivity contribution in [2.24, 2.45) is 0 Å². The maximum absolute atomic E-state index is 12.3. The van der Waals surface area contributed by atoms with Crippen LogP contribution in [-0.4, -0.2) is 45.8 Å². The summed E-state index contributed by atoms with van der Waals surface area (Å²) < 4.78 is 7.26. The first kappa shape index (κ1) is 16.0. The molecular formula is C16H19N5O3. The van der Waals surface area contributed by atoms with E-state index < -0.39 is 6.10 Å². The van der Waals surface area contributed by atoms with Gasteiger partial charge in [-0.3, -0.25) is 19.2 Å². The number of hydrogen-bond acceptors (Lipinski definition) is 5. The molecule has 0 aliphatic carbocycles. The lowest BCUT2D eigenvalue weighted by atomic mass is 10.2. The van der Waals surface area contributed by atoms with Gasteiger partial charge in [-0.25, -0.2) is 4.98 Å². The van der Waals surface area contributed by atoms with Crippen LogP contribution in [0.1, 0.15) is 13.3 Å². The largest absolute Gasteiger partial charge is 0.479 e. The highest BCUT2D eigenvalue weighted by Crippen LogP contribution is 2.33. The molecule has 3 rings (SSSR count). The van der Waals surface area contributed by atoms with E-state index in [4.69, 9.17) is 4.74 Å². The maximum atomic E-state index is 12.3. The molecule has 0 saturated heterocycles. The fourth-order valence-corrected chi connectivity index (χ4v) is 2.54. The van der Waals surface area contributed by atoms with Gasteiger partial charge in [0, 0.05) is 13.1 Å². The summed E-state index contributed by atoms with van der Waals surface area (Å²) in [6.07, 6.45) is 3.24. The number of aryl methyl sites for hydroxylation is 1. The summed E-state index contributed by atoms with van der Waals surface area (Å²) in [5.74, 6) is 0.195. The fourth-order valence-electron chi connectivity index (χ4n) is 2.54. The molecule has 24 heavy (non-hydrogen) atoms. The molecule has 8 heteroatoms. The molecule has 126 valence electrons. The van der Waals surface area contributed by atoms with Crippen LogP contribution >= 0.6 is 0 Å². The summed E-state index contributed by atoms with van der Waals surface area (Å²) >= 11 is 0. The van der Waals surface area contributed by atoms with Crippen LogP contribution in [0.5, 0.6) is 5.75 Å². The zero-order valence-electron chi connectivity index (χ0n) is 13.4. The number of nitrogens with zero attached hydrogens (tertiary/aromatic N) is 4. The van der Waals surface area contributed by atoms with Gasteiger partial charge in [0.2, 0.25) is 5.91 Å². The molecule has 1 N–H and O–H groups in total. The number of nitrogens with one attached hydrogen (secondary N) is 1. The molecule has 2 aromatic rings. The van der Waals surface area contributed by atoms with Gasteiger partial charge in [0.15, 0.2) is 6.10 Å². The normalized spacial score (nSPS) is 16.5. The van der Waals surface area contributed by atoms with Gasteiger partial charge in [-0.05, 0) is 25.5 Å². The van der Waals surface area contributed by atoms with Crippen molar-refractivity contribution in [3.8, 4) is 5.75 Å².